The first-order valence-corrected chi connectivity index (χ1v) is 9.92. The van der Waals surface area contributed by atoms with E-state index in [2.05, 4.69) is 5.32 Å². The van der Waals surface area contributed by atoms with E-state index in [4.69, 9.17) is 21.1 Å². The Morgan fingerprint density at radius 3 is 2.58 bits per heavy atom. The van der Waals surface area contributed by atoms with E-state index in [1.807, 2.05) is 24.3 Å². The second-order valence-electron chi connectivity index (χ2n) is 6.39. The summed E-state index contributed by atoms with van der Waals surface area (Å²) in [4.78, 5) is 13.4. The Balaban J connectivity index is 1.50. The summed E-state index contributed by atoms with van der Waals surface area (Å²) in [6.07, 6.45) is 3.04. The molecule has 2 saturated heterocycles. The lowest BCUT2D eigenvalue weighted by molar-refractivity contribution is -0.121. The summed E-state index contributed by atoms with van der Waals surface area (Å²) in [6.45, 7) is 3.14. The number of benzene rings is 1. The predicted molar refractivity (Wildman–Crippen MR) is 96.6 cm³/mol. The highest BCUT2D eigenvalue weighted by Crippen LogP contribution is 2.30. The van der Waals surface area contributed by atoms with Gasteiger partial charge in [0.05, 0.1) is 12.4 Å². The van der Waals surface area contributed by atoms with Crippen LogP contribution in [0, 0.1) is 11.8 Å². The molecule has 0 unspecified atom stereocenters. The molecule has 0 saturated carbocycles. The van der Waals surface area contributed by atoms with Gasteiger partial charge in [0.15, 0.2) is 0 Å². The fourth-order valence-electron chi connectivity index (χ4n) is 3.48. The van der Waals surface area contributed by atoms with Crippen molar-refractivity contribution >= 4 is 29.3 Å². The number of ether oxygens (including phenoxy) is 2. The summed E-state index contributed by atoms with van der Waals surface area (Å²) in [5.74, 6) is 1.53. The molecule has 2 aliphatic heterocycles. The largest absolute Gasteiger partial charge is 0.381 e. The van der Waals surface area contributed by atoms with Crippen molar-refractivity contribution in [2.24, 2.45) is 11.8 Å². The Labute approximate surface area is 152 Å². The predicted octanol–water partition coefficient (Wildman–Crippen LogP) is 3.38. The Bertz CT molecular complexity index is 534. The average Bonchev–Trinajstić information content (AvgIpc) is 2.62. The maximum absolute atomic E-state index is 12.4. The fraction of sp³-hybridized carbons (Fsp3) is 0.611. The van der Waals surface area contributed by atoms with Gasteiger partial charge in [0, 0.05) is 41.7 Å². The SMILES string of the molecule is O=C(CSc1ccc(Cl)cc1)N[C@@H]1CCOC[C@@H]1C1CCOCC1. The van der Waals surface area contributed by atoms with Crippen LogP contribution in [0.5, 0.6) is 0 Å². The van der Waals surface area contributed by atoms with Gasteiger partial charge in [-0.3, -0.25) is 4.79 Å². The third kappa shape index (κ3) is 5.12. The molecule has 2 aliphatic rings. The Morgan fingerprint density at radius 1 is 1.12 bits per heavy atom. The number of carbonyl (C=O) groups is 1. The van der Waals surface area contributed by atoms with E-state index in [0.29, 0.717) is 22.6 Å². The molecule has 24 heavy (non-hydrogen) atoms. The zero-order valence-corrected chi connectivity index (χ0v) is 15.3. The first-order chi connectivity index (χ1) is 11.7. The van der Waals surface area contributed by atoms with Gasteiger partial charge in [0.25, 0.3) is 0 Å². The number of thioether (sulfide) groups is 1. The number of hydrogen-bond acceptors (Lipinski definition) is 4. The molecule has 1 N–H and O–H groups in total. The van der Waals surface area contributed by atoms with Crippen molar-refractivity contribution in [3.05, 3.63) is 29.3 Å². The molecule has 132 valence electrons. The van der Waals surface area contributed by atoms with Crippen molar-refractivity contribution in [2.45, 2.75) is 30.2 Å². The Hall–Kier alpha value is -0.750. The summed E-state index contributed by atoms with van der Waals surface area (Å²) >= 11 is 7.42. The number of rotatable bonds is 5. The van der Waals surface area contributed by atoms with Gasteiger partial charge in [-0.15, -0.1) is 11.8 Å². The summed E-state index contributed by atoms with van der Waals surface area (Å²) in [5, 5.41) is 3.95. The molecule has 1 amide bonds. The Kier molecular flexibility index (Phi) is 6.84. The van der Waals surface area contributed by atoms with Crippen LogP contribution >= 0.6 is 23.4 Å². The lowest BCUT2D eigenvalue weighted by atomic mass is 9.79. The highest BCUT2D eigenvalue weighted by Gasteiger charge is 2.34. The average molecular weight is 370 g/mol. The molecular formula is C18H24ClNO3S. The van der Waals surface area contributed by atoms with Crippen LogP contribution in [0.4, 0.5) is 0 Å². The standard InChI is InChI=1S/C18H24ClNO3S/c19-14-1-3-15(4-2-14)24-12-18(21)20-17-7-10-23-11-16(17)13-5-8-22-9-6-13/h1-4,13,16-17H,5-12H2,(H,20,21)/t16-,17-/m1/s1. The molecule has 0 spiro atoms. The first-order valence-electron chi connectivity index (χ1n) is 8.55. The number of amides is 1. The van der Waals surface area contributed by atoms with Crippen molar-refractivity contribution in [1.82, 2.24) is 5.32 Å². The Morgan fingerprint density at radius 2 is 1.83 bits per heavy atom. The molecule has 2 fully saturated rings. The van der Waals surface area contributed by atoms with Gasteiger partial charge in [-0.25, -0.2) is 0 Å². The maximum atomic E-state index is 12.4. The van der Waals surface area contributed by atoms with Crippen LogP contribution in [0.2, 0.25) is 5.02 Å². The monoisotopic (exact) mass is 369 g/mol. The van der Waals surface area contributed by atoms with E-state index >= 15 is 0 Å². The van der Waals surface area contributed by atoms with Gasteiger partial charge in [-0.1, -0.05) is 11.6 Å². The fourth-order valence-corrected chi connectivity index (χ4v) is 4.31. The highest BCUT2D eigenvalue weighted by atomic mass is 35.5. The van der Waals surface area contributed by atoms with Gasteiger partial charge < -0.3 is 14.8 Å². The first kappa shape index (κ1) is 18.1. The molecular weight excluding hydrogens is 346 g/mol. The number of nitrogens with one attached hydrogen (secondary N) is 1. The number of hydrogen-bond donors (Lipinski definition) is 1. The van der Waals surface area contributed by atoms with Crippen molar-refractivity contribution in [1.29, 1.82) is 0 Å². The summed E-state index contributed by atoms with van der Waals surface area (Å²) < 4.78 is 11.1. The van der Waals surface area contributed by atoms with Crippen LogP contribution in [-0.2, 0) is 14.3 Å². The quantitative estimate of drug-likeness (QED) is 0.808. The zero-order valence-electron chi connectivity index (χ0n) is 13.7. The van der Waals surface area contributed by atoms with E-state index < -0.39 is 0 Å². The number of halogens is 1. The molecule has 2 atom stereocenters. The third-order valence-corrected chi connectivity index (χ3v) is 6.07. The minimum atomic E-state index is 0.0962. The van der Waals surface area contributed by atoms with Gasteiger partial charge in [-0.05, 0) is 49.4 Å². The highest BCUT2D eigenvalue weighted by molar-refractivity contribution is 8.00. The summed E-state index contributed by atoms with van der Waals surface area (Å²) in [5.41, 5.74) is 0. The molecule has 2 heterocycles. The second-order valence-corrected chi connectivity index (χ2v) is 7.88. The molecule has 1 aromatic carbocycles. The molecule has 1 aromatic rings. The van der Waals surface area contributed by atoms with Gasteiger partial charge >= 0.3 is 0 Å². The van der Waals surface area contributed by atoms with Crippen molar-refractivity contribution < 1.29 is 14.3 Å². The topological polar surface area (TPSA) is 47.6 Å². The summed E-state index contributed by atoms with van der Waals surface area (Å²) in [6, 6.07) is 7.81. The minimum Gasteiger partial charge on any atom is -0.381 e. The van der Waals surface area contributed by atoms with E-state index in [9.17, 15) is 4.79 Å². The molecule has 0 radical (unpaired) electrons. The van der Waals surface area contributed by atoms with Crippen LogP contribution in [0.1, 0.15) is 19.3 Å². The van der Waals surface area contributed by atoms with Crippen LogP contribution in [0.25, 0.3) is 0 Å². The molecule has 0 aliphatic carbocycles. The molecule has 3 rings (SSSR count). The van der Waals surface area contributed by atoms with Crippen molar-refractivity contribution in [3.63, 3.8) is 0 Å². The molecule has 0 aromatic heterocycles. The van der Waals surface area contributed by atoms with Gasteiger partial charge in [-0.2, -0.15) is 0 Å². The lowest BCUT2D eigenvalue weighted by Crippen LogP contribution is -2.49. The molecule has 0 bridgehead atoms. The van der Waals surface area contributed by atoms with E-state index in [1.54, 1.807) is 11.8 Å². The van der Waals surface area contributed by atoms with Crippen LogP contribution in [0.3, 0.4) is 0 Å². The smallest absolute Gasteiger partial charge is 0.230 e. The van der Waals surface area contributed by atoms with Crippen LogP contribution in [-0.4, -0.2) is 44.1 Å². The van der Waals surface area contributed by atoms with Gasteiger partial charge in [0.2, 0.25) is 5.91 Å². The molecule has 6 heteroatoms. The van der Waals surface area contributed by atoms with E-state index in [1.165, 1.54) is 0 Å². The maximum Gasteiger partial charge on any atom is 0.230 e. The summed E-state index contributed by atoms with van der Waals surface area (Å²) in [7, 11) is 0. The normalized spacial score (nSPS) is 25.4. The third-order valence-electron chi connectivity index (χ3n) is 4.80. The minimum absolute atomic E-state index is 0.0962. The van der Waals surface area contributed by atoms with Gasteiger partial charge in [0.1, 0.15) is 0 Å². The number of carbonyl (C=O) groups excluding carboxylic acids is 1. The van der Waals surface area contributed by atoms with E-state index in [0.717, 1.165) is 50.6 Å². The zero-order chi connectivity index (χ0) is 16.8. The van der Waals surface area contributed by atoms with Crippen LogP contribution in [0.15, 0.2) is 29.2 Å². The van der Waals surface area contributed by atoms with E-state index in [-0.39, 0.29) is 11.9 Å². The van der Waals surface area contributed by atoms with Crippen molar-refractivity contribution in [3.8, 4) is 0 Å². The lowest BCUT2D eigenvalue weighted by Gasteiger charge is -2.39. The second kappa shape index (κ2) is 9.09. The van der Waals surface area contributed by atoms with Crippen LogP contribution < -0.4 is 5.32 Å². The van der Waals surface area contributed by atoms with Crippen molar-refractivity contribution in [2.75, 3.05) is 32.2 Å². The molecule has 4 nitrogen and oxygen atoms in total.